The number of carbonyl (C=O) groups excluding carboxylic acids is 1. The summed E-state index contributed by atoms with van der Waals surface area (Å²) in [5.41, 5.74) is 0. The van der Waals surface area contributed by atoms with Gasteiger partial charge < -0.3 is 79.1 Å². The molecule has 264 valence electrons. The molecule has 9 N–H and O–H groups in total. The summed E-state index contributed by atoms with van der Waals surface area (Å²) in [5, 5.41) is 92.6. The Hall–Kier alpha value is -1.13. The zero-order valence-corrected chi connectivity index (χ0v) is 25.5. The van der Waals surface area contributed by atoms with Crippen molar-refractivity contribution >= 4 is 5.97 Å². The monoisotopic (exact) mass is 658 g/mol. The molecule has 3 rings (SSSR count). The highest BCUT2D eigenvalue weighted by molar-refractivity contribution is 5.68. The smallest absolute Gasteiger partial charge is 0.305 e. The zero-order chi connectivity index (χ0) is 33.3. The van der Waals surface area contributed by atoms with Crippen molar-refractivity contribution in [2.75, 3.05) is 26.9 Å². The Morgan fingerprint density at radius 3 is 1.73 bits per heavy atom. The Balaban J connectivity index is 1.73. The summed E-state index contributed by atoms with van der Waals surface area (Å²) < 4.78 is 39.2. The lowest BCUT2D eigenvalue weighted by Gasteiger charge is -2.48. The van der Waals surface area contributed by atoms with Crippen LogP contribution in [0.1, 0.15) is 51.9 Å². The molecule has 0 bridgehead atoms. The molecule has 15 unspecified atom stereocenters. The van der Waals surface area contributed by atoms with E-state index in [4.69, 9.17) is 28.4 Å². The van der Waals surface area contributed by atoms with E-state index in [2.05, 4.69) is 4.74 Å². The summed E-state index contributed by atoms with van der Waals surface area (Å²) in [6.07, 6.45) is -18.1. The van der Waals surface area contributed by atoms with Gasteiger partial charge in [0.1, 0.15) is 67.1 Å². The van der Waals surface area contributed by atoms with Crippen LogP contribution in [0.3, 0.4) is 0 Å². The number of ether oxygens (including phenoxy) is 7. The highest BCUT2D eigenvalue weighted by Gasteiger charge is 2.54. The van der Waals surface area contributed by atoms with E-state index < -0.39 is 105 Å². The van der Waals surface area contributed by atoms with Crippen LogP contribution in [0.5, 0.6) is 0 Å². The van der Waals surface area contributed by atoms with Crippen LogP contribution in [0.25, 0.3) is 0 Å². The van der Waals surface area contributed by atoms with Crippen LogP contribution in [0.15, 0.2) is 0 Å². The topological polar surface area (TPSA) is 264 Å². The molecule has 0 aromatic heterocycles. The van der Waals surface area contributed by atoms with Crippen LogP contribution < -0.4 is 0 Å². The van der Waals surface area contributed by atoms with E-state index in [-0.39, 0.29) is 12.6 Å². The molecule has 17 heteroatoms. The van der Waals surface area contributed by atoms with Gasteiger partial charge in [-0.25, -0.2) is 0 Å². The number of hydrogen-bond donors (Lipinski definition) is 9. The van der Waals surface area contributed by atoms with Gasteiger partial charge in [-0.1, -0.05) is 25.7 Å². The Labute approximate surface area is 261 Å². The largest absolute Gasteiger partial charge is 0.469 e. The lowest BCUT2D eigenvalue weighted by atomic mass is 9.96. The summed E-state index contributed by atoms with van der Waals surface area (Å²) in [6.45, 7) is 0.130. The highest BCUT2D eigenvalue weighted by Crippen LogP contribution is 2.33. The number of hydrogen-bond acceptors (Lipinski definition) is 17. The molecule has 3 aliphatic rings. The minimum absolute atomic E-state index is 0.125. The maximum Gasteiger partial charge on any atom is 0.305 e. The molecule has 0 aliphatic carbocycles. The van der Waals surface area contributed by atoms with Gasteiger partial charge >= 0.3 is 5.97 Å². The van der Waals surface area contributed by atoms with Gasteiger partial charge in [0.05, 0.1) is 26.4 Å². The van der Waals surface area contributed by atoms with E-state index in [1.807, 2.05) is 0 Å². The van der Waals surface area contributed by atoms with E-state index >= 15 is 0 Å². The van der Waals surface area contributed by atoms with Gasteiger partial charge in [0.25, 0.3) is 0 Å². The second-order valence-corrected chi connectivity index (χ2v) is 11.6. The van der Waals surface area contributed by atoms with Crippen molar-refractivity contribution in [3.05, 3.63) is 0 Å². The Morgan fingerprint density at radius 1 is 0.600 bits per heavy atom. The van der Waals surface area contributed by atoms with Crippen LogP contribution in [0.4, 0.5) is 0 Å². The number of esters is 1. The lowest BCUT2D eigenvalue weighted by molar-refractivity contribution is -0.390. The molecule has 17 nitrogen and oxygen atoms in total. The third-order valence-corrected chi connectivity index (χ3v) is 8.32. The Morgan fingerprint density at radius 2 is 1.11 bits per heavy atom. The molecule has 0 aromatic rings. The van der Waals surface area contributed by atoms with Crippen molar-refractivity contribution in [3.8, 4) is 0 Å². The number of aliphatic hydroxyl groups is 9. The second kappa shape index (κ2) is 18.4. The number of carbonyl (C=O) groups is 1. The predicted molar refractivity (Wildman–Crippen MR) is 148 cm³/mol. The number of methoxy groups -OCH3 is 1. The standard InChI is InChI=1S/C28H50O17/c1-13-17(32)20(35)22(37)26(41-13)45-25-24(44-27-23(38)21(36)18(33)14(11-29)42-27)19(34)15(12-30)43-28(25)40-10-8-6-4-3-5-7-9-16(31)39-2/h13-15,17-30,32-38H,3-12H2,1-2H3. The Kier molecular flexibility index (Phi) is 15.7. The maximum atomic E-state index is 11.2. The van der Waals surface area contributed by atoms with E-state index in [0.717, 1.165) is 32.1 Å². The fraction of sp³-hybridized carbons (Fsp3) is 0.964. The fourth-order valence-corrected chi connectivity index (χ4v) is 5.47. The second-order valence-electron chi connectivity index (χ2n) is 11.6. The first-order valence-corrected chi connectivity index (χ1v) is 15.4. The fourth-order valence-electron chi connectivity index (χ4n) is 5.47. The van der Waals surface area contributed by atoms with Crippen LogP contribution in [-0.2, 0) is 38.0 Å². The van der Waals surface area contributed by atoms with Crippen LogP contribution in [-0.4, -0.2) is 171 Å². The van der Waals surface area contributed by atoms with Gasteiger partial charge in [0.15, 0.2) is 18.9 Å². The maximum absolute atomic E-state index is 11.2. The lowest BCUT2D eigenvalue weighted by Crippen LogP contribution is -2.67. The normalized spacial score (nSPS) is 42.4. The third-order valence-electron chi connectivity index (χ3n) is 8.32. The molecule has 0 amide bonds. The van der Waals surface area contributed by atoms with Crippen molar-refractivity contribution in [3.63, 3.8) is 0 Å². The highest BCUT2D eigenvalue weighted by atomic mass is 16.8. The van der Waals surface area contributed by atoms with Gasteiger partial charge in [-0.2, -0.15) is 0 Å². The van der Waals surface area contributed by atoms with Crippen molar-refractivity contribution in [1.29, 1.82) is 0 Å². The van der Waals surface area contributed by atoms with Crippen molar-refractivity contribution in [1.82, 2.24) is 0 Å². The van der Waals surface area contributed by atoms with Gasteiger partial charge in [0.2, 0.25) is 0 Å². The van der Waals surface area contributed by atoms with Crippen molar-refractivity contribution < 1.29 is 83.9 Å². The predicted octanol–water partition coefficient (Wildman–Crippen LogP) is -3.62. The van der Waals surface area contributed by atoms with Gasteiger partial charge in [-0.15, -0.1) is 0 Å². The molecule has 15 atom stereocenters. The SMILES string of the molecule is COC(=O)CCCCCCCCOC1OC(CO)C(O)C(OC2OC(CO)C(O)C(O)C2O)C1OC1OC(C)C(O)C(O)C1O. The zero-order valence-electron chi connectivity index (χ0n) is 25.5. The molecule has 3 aliphatic heterocycles. The molecule has 3 fully saturated rings. The first kappa shape index (κ1) is 38.3. The first-order chi connectivity index (χ1) is 21.4. The summed E-state index contributed by atoms with van der Waals surface area (Å²) >= 11 is 0. The van der Waals surface area contributed by atoms with E-state index in [1.54, 1.807) is 0 Å². The summed E-state index contributed by atoms with van der Waals surface area (Å²) in [4.78, 5) is 11.2. The number of rotatable bonds is 16. The van der Waals surface area contributed by atoms with Crippen molar-refractivity contribution in [2.45, 2.75) is 144 Å². The minimum atomic E-state index is -1.84. The average Bonchev–Trinajstić information content (AvgIpc) is 3.03. The summed E-state index contributed by atoms with van der Waals surface area (Å²) in [7, 11) is 1.35. The minimum Gasteiger partial charge on any atom is -0.469 e. The molecule has 3 saturated heterocycles. The van der Waals surface area contributed by atoms with E-state index in [0.29, 0.717) is 12.8 Å². The van der Waals surface area contributed by atoms with Crippen molar-refractivity contribution in [2.24, 2.45) is 0 Å². The summed E-state index contributed by atoms with van der Waals surface area (Å²) in [5.74, 6) is -0.251. The number of aliphatic hydroxyl groups excluding tert-OH is 9. The molecule has 0 saturated carbocycles. The Bertz CT molecular complexity index is 865. The molecular formula is C28H50O17. The van der Waals surface area contributed by atoms with E-state index in [1.165, 1.54) is 14.0 Å². The average molecular weight is 659 g/mol. The summed E-state index contributed by atoms with van der Waals surface area (Å²) in [6, 6.07) is 0. The molecule has 0 radical (unpaired) electrons. The molecule has 45 heavy (non-hydrogen) atoms. The van der Waals surface area contributed by atoms with Crippen LogP contribution >= 0.6 is 0 Å². The number of unbranched alkanes of at least 4 members (excludes halogenated alkanes) is 5. The molecular weight excluding hydrogens is 608 g/mol. The molecule has 0 aromatic carbocycles. The van der Waals surface area contributed by atoms with Crippen LogP contribution in [0, 0.1) is 0 Å². The van der Waals surface area contributed by atoms with Gasteiger partial charge in [0, 0.05) is 13.0 Å². The van der Waals surface area contributed by atoms with Gasteiger partial charge in [-0.3, -0.25) is 4.79 Å². The van der Waals surface area contributed by atoms with Crippen LogP contribution in [0.2, 0.25) is 0 Å². The molecule has 0 spiro atoms. The quantitative estimate of drug-likeness (QED) is 0.0572. The third kappa shape index (κ3) is 9.94. The molecule has 3 heterocycles. The van der Waals surface area contributed by atoms with Gasteiger partial charge in [-0.05, 0) is 19.8 Å². The first-order valence-electron chi connectivity index (χ1n) is 15.4. The van der Waals surface area contributed by atoms with E-state index in [9.17, 15) is 50.8 Å².